The minimum Gasteiger partial charge on any atom is -0.347 e. The molecule has 2 heterocycles. The lowest BCUT2D eigenvalue weighted by Crippen LogP contribution is -2.36. The summed E-state index contributed by atoms with van der Waals surface area (Å²) in [5, 5.41) is 11.1. The largest absolute Gasteiger partial charge is 0.347 e. The summed E-state index contributed by atoms with van der Waals surface area (Å²) in [7, 11) is 0. The number of nitrogens with zero attached hydrogens (tertiary/aromatic N) is 2. The van der Waals surface area contributed by atoms with Gasteiger partial charge >= 0.3 is 0 Å². The van der Waals surface area contributed by atoms with E-state index in [0.29, 0.717) is 5.69 Å². The summed E-state index contributed by atoms with van der Waals surface area (Å²) in [5.74, 6) is -0.0224. The van der Waals surface area contributed by atoms with Crippen molar-refractivity contribution in [1.82, 2.24) is 20.4 Å². The van der Waals surface area contributed by atoms with Crippen molar-refractivity contribution in [2.75, 3.05) is 13.1 Å². The minimum absolute atomic E-state index is 0.0224. The second-order valence-electron chi connectivity index (χ2n) is 6.72. The minimum atomic E-state index is -0.0224. The zero-order chi connectivity index (χ0) is 16.5. The number of aromatic nitrogens is 2. The van der Waals surface area contributed by atoms with Gasteiger partial charge in [0.15, 0.2) is 5.69 Å². The number of benzene rings is 1. The first-order valence-corrected chi connectivity index (χ1v) is 8.98. The monoisotopic (exact) mass is 324 g/mol. The summed E-state index contributed by atoms with van der Waals surface area (Å²) in [6.07, 6.45) is 5.07. The highest BCUT2D eigenvalue weighted by molar-refractivity contribution is 5.94. The molecule has 1 aromatic carbocycles. The molecule has 1 aliphatic heterocycles. The first-order chi connectivity index (χ1) is 11.8. The molecule has 0 spiro atoms. The van der Waals surface area contributed by atoms with Gasteiger partial charge in [-0.25, -0.2) is 4.68 Å². The number of hydrogen-bond donors (Lipinski definition) is 2. The lowest BCUT2D eigenvalue weighted by atomic mass is 10.1. The molecule has 1 atom stereocenters. The summed E-state index contributed by atoms with van der Waals surface area (Å²) >= 11 is 0. The summed E-state index contributed by atoms with van der Waals surface area (Å²) in [6, 6.07) is 8.72. The van der Waals surface area contributed by atoms with Crippen LogP contribution in [0.5, 0.6) is 0 Å². The Kier molecular flexibility index (Phi) is 4.10. The Labute approximate surface area is 142 Å². The molecule has 1 amide bonds. The Morgan fingerprint density at radius 1 is 1.33 bits per heavy atom. The lowest BCUT2D eigenvalue weighted by Gasteiger charge is -2.10. The molecule has 5 heteroatoms. The first-order valence-electron chi connectivity index (χ1n) is 8.98. The Balaban J connectivity index is 1.65. The maximum atomic E-state index is 12.7. The molecule has 1 unspecified atom stereocenters. The van der Waals surface area contributed by atoms with Crippen LogP contribution in [0.15, 0.2) is 24.3 Å². The van der Waals surface area contributed by atoms with Gasteiger partial charge in [0.25, 0.3) is 5.91 Å². The van der Waals surface area contributed by atoms with E-state index in [-0.39, 0.29) is 11.9 Å². The lowest BCUT2D eigenvalue weighted by molar-refractivity contribution is 0.0933. The van der Waals surface area contributed by atoms with Gasteiger partial charge in [-0.2, -0.15) is 5.10 Å². The van der Waals surface area contributed by atoms with E-state index < -0.39 is 0 Å². The fourth-order valence-electron chi connectivity index (χ4n) is 3.74. The van der Waals surface area contributed by atoms with E-state index in [1.54, 1.807) is 0 Å². The summed E-state index contributed by atoms with van der Waals surface area (Å²) in [6.45, 7) is 3.98. The van der Waals surface area contributed by atoms with E-state index in [1.165, 1.54) is 11.3 Å². The Hall–Kier alpha value is -2.14. The highest BCUT2D eigenvalue weighted by Gasteiger charge is 2.28. The summed E-state index contributed by atoms with van der Waals surface area (Å²) < 4.78 is 1.98. The number of carbonyl (C=O) groups excluding carboxylic acids is 1. The van der Waals surface area contributed by atoms with Gasteiger partial charge in [-0.05, 0) is 56.3 Å². The molecule has 5 nitrogen and oxygen atoms in total. The number of amides is 1. The van der Waals surface area contributed by atoms with Crippen molar-refractivity contribution in [3.8, 4) is 5.69 Å². The van der Waals surface area contributed by atoms with Crippen LogP contribution in [-0.2, 0) is 19.3 Å². The van der Waals surface area contributed by atoms with Gasteiger partial charge in [-0.1, -0.05) is 19.1 Å². The topological polar surface area (TPSA) is 59.0 Å². The second-order valence-corrected chi connectivity index (χ2v) is 6.72. The van der Waals surface area contributed by atoms with Gasteiger partial charge in [-0.15, -0.1) is 0 Å². The zero-order valence-corrected chi connectivity index (χ0v) is 14.1. The average Bonchev–Trinajstić information content (AvgIpc) is 3.32. The highest BCUT2D eigenvalue weighted by atomic mass is 16.2. The quantitative estimate of drug-likeness (QED) is 0.904. The van der Waals surface area contributed by atoms with Crippen LogP contribution in [0.2, 0.25) is 0 Å². The fraction of sp³-hybridized carbons (Fsp3) is 0.474. The molecular formula is C19H24N4O. The smallest absolute Gasteiger partial charge is 0.272 e. The SMILES string of the molecule is CCc1ccc(-n2nc(C(=O)NC3CCNC3)c3c2CCC3)cc1. The molecule has 0 radical (unpaired) electrons. The molecule has 24 heavy (non-hydrogen) atoms. The number of carbonyl (C=O) groups is 1. The number of hydrogen-bond acceptors (Lipinski definition) is 3. The van der Waals surface area contributed by atoms with E-state index in [0.717, 1.165) is 56.4 Å². The molecule has 126 valence electrons. The molecule has 2 aliphatic rings. The van der Waals surface area contributed by atoms with Crippen LogP contribution in [0, 0.1) is 0 Å². The summed E-state index contributed by atoms with van der Waals surface area (Å²) in [4.78, 5) is 12.7. The Morgan fingerprint density at radius 2 is 2.17 bits per heavy atom. The summed E-state index contributed by atoms with van der Waals surface area (Å²) in [5.41, 5.74) is 5.32. The standard InChI is InChI=1S/C19H24N4O/c1-2-13-6-8-15(9-7-13)23-17-5-3-4-16(17)18(22-23)19(24)21-14-10-11-20-12-14/h6-9,14,20H,2-5,10-12H2,1H3,(H,21,24). The predicted octanol–water partition coefficient (Wildman–Crippen LogP) is 2.02. The maximum absolute atomic E-state index is 12.7. The van der Waals surface area contributed by atoms with Gasteiger partial charge in [0.1, 0.15) is 0 Å². The van der Waals surface area contributed by atoms with Crippen molar-refractivity contribution in [1.29, 1.82) is 0 Å². The average molecular weight is 324 g/mol. The molecule has 1 saturated heterocycles. The van der Waals surface area contributed by atoms with Crippen LogP contribution < -0.4 is 10.6 Å². The molecule has 2 N–H and O–H groups in total. The van der Waals surface area contributed by atoms with Crippen LogP contribution in [0.3, 0.4) is 0 Å². The Bertz CT molecular complexity index is 741. The van der Waals surface area contributed by atoms with Gasteiger partial charge in [0.2, 0.25) is 0 Å². The predicted molar refractivity (Wildman–Crippen MR) is 93.7 cm³/mol. The number of aryl methyl sites for hydroxylation is 1. The van der Waals surface area contributed by atoms with Crippen LogP contribution in [0.25, 0.3) is 5.69 Å². The number of nitrogens with one attached hydrogen (secondary N) is 2. The fourth-order valence-corrected chi connectivity index (χ4v) is 3.74. The van der Waals surface area contributed by atoms with Crippen molar-refractivity contribution in [2.45, 2.75) is 45.1 Å². The van der Waals surface area contributed by atoms with E-state index in [2.05, 4.69) is 46.9 Å². The third-order valence-electron chi connectivity index (χ3n) is 5.13. The molecule has 0 saturated carbocycles. The molecule has 1 aliphatic carbocycles. The van der Waals surface area contributed by atoms with Crippen LogP contribution in [-0.4, -0.2) is 34.8 Å². The van der Waals surface area contributed by atoms with E-state index in [4.69, 9.17) is 0 Å². The van der Waals surface area contributed by atoms with Gasteiger partial charge < -0.3 is 10.6 Å². The van der Waals surface area contributed by atoms with Gasteiger partial charge in [0.05, 0.1) is 5.69 Å². The van der Waals surface area contributed by atoms with Crippen molar-refractivity contribution >= 4 is 5.91 Å². The second kappa shape index (κ2) is 6.40. The number of rotatable bonds is 4. The van der Waals surface area contributed by atoms with E-state index in [1.807, 2.05) is 4.68 Å². The van der Waals surface area contributed by atoms with Crippen LogP contribution >= 0.6 is 0 Å². The normalized spacial score (nSPS) is 19.5. The third-order valence-corrected chi connectivity index (χ3v) is 5.13. The molecule has 0 bridgehead atoms. The molecule has 1 fully saturated rings. The van der Waals surface area contributed by atoms with Crippen LogP contribution in [0.1, 0.15) is 47.1 Å². The molecule has 4 rings (SSSR count). The first kappa shape index (κ1) is 15.4. The van der Waals surface area contributed by atoms with Gasteiger partial charge in [0, 0.05) is 23.8 Å². The van der Waals surface area contributed by atoms with E-state index in [9.17, 15) is 4.79 Å². The van der Waals surface area contributed by atoms with Crippen molar-refractivity contribution < 1.29 is 4.79 Å². The molecule has 2 aromatic rings. The van der Waals surface area contributed by atoms with Crippen LogP contribution in [0.4, 0.5) is 0 Å². The van der Waals surface area contributed by atoms with Crippen molar-refractivity contribution in [3.63, 3.8) is 0 Å². The van der Waals surface area contributed by atoms with E-state index >= 15 is 0 Å². The Morgan fingerprint density at radius 3 is 2.88 bits per heavy atom. The molecule has 1 aromatic heterocycles. The molecular weight excluding hydrogens is 300 g/mol. The van der Waals surface area contributed by atoms with Crippen molar-refractivity contribution in [3.05, 3.63) is 46.8 Å². The van der Waals surface area contributed by atoms with Crippen molar-refractivity contribution in [2.24, 2.45) is 0 Å². The maximum Gasteiger partial charge on any atom is 0.272 e. The zero-order valence-electron chi connectivity index (χ0n) is 14.1. The van der Waals surface area contributed by atoms with Gasteiger partial charge in [-0.3, -0.25) is 4.79 Å². The highest BCUT2D eigenvalue weighted by Crippen LogP contribution is 2.28. The third kappa shape index (κ3) is 2.73. The number of fused-ring (bicyclic) bond motifs is 1.